The molecule has 2 rings (SSSR count). The van der Waals surface area contributed by atoms with Gasteiger partial charge in [0.25, 0.3) is 0 Å². The summed E-state index contributed by atoms with van der Waals surface area (Å²) in [6, 6.07) is 0. The lowest BCUT2D eigenvalue weighted by molar-refractivity contribution is 0.548. The molecular weight excluding hydrogens is 376 g/mol. The molecule has 24 heavy (non-hydrogen) atoms. The summed E-state index contributed by atoms with van der Waals surface area (Å²) in [6.45, 7) is 0. The number of aryl methyl sites for hydroxylation is 2. The summed E-state index contributed by atoms with van der Waals surface area (Å²) >= 11 is 12.9. The molecule has 0 radical (unpaired) electrons. The van der Waals surface area contributed by atoms with Crippen LogP contribution in [0.15, 0.2) is 0 Å². The topological polar surface area (TPSA) is 57.4 Å². The average molecular weight is 403 g/mol. The Bertz CT molecular complexity index is 611. The first-order valence-electron chi connectivity index (χ1n) is 8.83. The van der Waals surface area contributed by atoms with E-state index in [-0.39, 0.29) is 0 Å². The van der Waals surface area contributed by atoms with Gasteiger partial charge in [-0.15, -0.1) is 0 Å². The second-order valence-corrected chi connectivity index (χ2v) is 8.97. The Hall–Kier alpha value is -0.440. The Balaban J connectivity index is 1.33. The van der Waals surface area contributed by atoms with Crippen LogP contribution in [0.3, 0.4) is 0 Å². The maximum absolute atomic E-state index is 5.01. The van der Waals surface area contributed by atoms with Gasteiger partial charge in [0.2, 0.25) is 0 Å². The molecule has 0 saturated carbocycles. The van der Waals surface area contributed by atoms with E-state index in [0.717, 1.165) is 32.4 Å². The van der Waals surface area contributed by atoms with Crippen LogP contribution >= 0.6 is 47.5 Å². The minimum Gasteiger partial charge on any atom is -0.297 e. The standard InChI is InChI=1S/C16H26N4S4/c21-15-17-13(19-23-15)11-9-7-5-3-1-2-4-6-8-10-12-14-18-16(22)24-20-14/h1-12H2,(H,17,19,21)(H,18,20,22). The van der Waals surface area contributed by atoms with E-state index in [4.69, 9.17) is 24.4 Å². The average Bonchev–Trinajstić information content (AvgIpc) is 3.17. The molecule has 0 bridgehead atoms. The van der Waals surface area contributed by atoms with Gasteiger partial charge < -0.3 is 0 Å². The summed E-state index contributed by atoms with van der Waals surface area (Å²) in [5.74, 6) is 2.12. The van der Waals surface area contributed by atoms with Crippen molar-refractivity contribution >= 4 is 47.5 Å². The van der Waals surface area contributed by atoms with Crippen LogP contribution in [0.2, 0.25) is 0 Å². The highest BCUT2D eigenvalue weighted by molar-refractivity contribution is 7.73. The quantitative estimate of drug-likeness (QED) is 0.300. The van der Waals surface area contributed by atoms with Gasteiger partial charge in [-0.05, 0) is 60.3 Å². The van der Waals surface area contributed by atoms with Crippen molar-refractivity contribution in [3.8, 4) is 0 Å². The van der Waals surface area contributed by atoms with Gasteiger partial charge >= 0.3 is 0 Å². The van der Waals surface area contributed by atoms with Crippen molar-refractivity contribution in [1.29, 1.82) is 0 Å². The Morgan fingerprint density at radius 2 is 0.917 bits per heavy atom. The highest BCUT2D eigenvalue weighted by Gasteiger charge is 1.99. The second kappa shape index (κ2) is 12.0. The third-order valence-electron chi connectivity index (χ3n) is 4.04. The van der Waals surface area contributed by atoms with E-state index in [1.807, 2.05) is 0 Å². The van der Waals surface area contributed by atoms with Crippen LogP contribution in [0, 0.1) is 7.91 Å². The van der Waals surface area contributed by atoms with Gasteiger partial charge in [-0.25, -0.2) is 9.97 Å². The fourth-order valence-electron chi connectivity index (χ4n) is 2.73. The lowest BCUT2D eigenvalue weighted by Gasteiger charge is -2.02. The molecule has 0 aliphatic carbocycles. The molecule has 4 nitrogen and oxygen atoms in total. The molecule has 0 aromatic carbocycles. The predicted octanol–water partition coefficient (Wildman–Crippen LogP) is 6.40. The van der Waals surface area contributed by atoms with Crippen molar-refractivity contribution in [2.45, 2.75) is 77.0 Å². The van der Waals surface area contributed by atoms with Crippen LogP contribution in [0.4, 0.5) is 0 Å². The fourth-order valence-corrected chi connectivity index (χ4v) is 4.22. The SMILES string of the molecule is S=c1nc(CCCCCCCCCCCCc2nc(=S)s[nH]2)[nH]s1. The molecule has 0 fully saturated rings. The van der Waals surface area contributed by atoms with Gasteiger partial charge in [0.05, 0.1) is 0 Å². The highest BCUT2D eigenvalue weighted by Crippen LogP contribution is 2.13. The number of unbranched alkanes of at least 4 members (excludes halogenated alkanes) is 9. The molecule has 0 unspecified atom stereocenters. The molecule has 2 heterocycles. The zero-order valence-corrected chi connectivity index (χ0v) is 17.3. The number of nitrogens with one attached hydrogen (secondary N) is 2. The van der Waals surface area contributed by atoms with Gasteiger partial charge in [0, 0.05) is 12.8 Å². The predicted molar refractivity (Wildman–Crippen MR) is 108 cm³/mol. The Labute approximate surface area is 162 Å². The summed E-state index contributed by atoms with van der Waals surface area (Å²) in [4.78, 5) is 8.56. The van der Waals surface area contributed by atoms with E-state index in [9.17, 15) is 0 Å². The first-order valence-corrected chi connectivity index (χ1v) is 11.3. The van der Waals surface area contributed by atoms with Crippen LogP contribution in [-0.4, -0.2) is 18.7 Å². The molecule has 0 aliphatic rings. The van der Waals surface area contributed by atoms with Crippen LogP contribution in [0.5, 0.6) is 0 Å². The normalized spacial score (nSPS) is 11.2. The van der Waals surface area contributed by atoms with E-state index in [2.05, 4.69) is 18.7 Å². The fraction of sp³-hybridized carbons (Fsp3) is 0.750. The number of rotatable bonds is 13. The summed E-state index contributed by atoms with van der Waals surface area (Å²) in [5, 5.41) is 0. The summed E-state index contributed by atoms with van der Waals surface area (Å²) in [7, 11) is 0. The smallest absolute Gasteiger partial charge is 0.198 e. The molecule has 2 N–H and O–H groups in total. The molecule has 2 aromatic rings. The molecule has 134 valence electrons. The molecule has 2 aromatic heterocycles. The molecule has 0 amide bonds. The molecule has 0 saturated heterocycles. The zero-order valence-electron chi connectivity index (χ0n) is 14.0. The van der Waals surface area contributed by atoms with Crippen molar-refractivity contribution in [2.75, 3.05) is 0 Å². The van der Waals surface area contributed by atoms with Gasteiger partial charge in [0.1, 0.15) is 11.6 Å². The number of H-pyrrole nitrogens is 2. The molecule has 8 heteroatoms. The second-order valence-electron chi connectivity index (χ2n) is 6.09. The van der Waals surface area contributed by atoms with Gasteiger partial charge in [-0.3, -0.25) is 8.75 Å². The lowest BCUT2D eigenvalue weighted by atomic mass is 10.1. The van der Waals surface area contributed by atoms with Crippen molar-refractivity contribution in [2.24, 2.45) is 0 Å². The van der Waals surface area contributed by atoms with E-state index < -0.39 is 0 Å². The van der Waals surface area contributed by atoms with Crippen molar-refractivity contribution < 1.29 is 0 Å². The number of nitrogens with zero attached hydrogens (tertiary/aromatic N) is 2. The molecule has 0 aliphatic heterocycles. The summed E-state index contributed by atoms with van der Waals surface area (Å²) in [5.41, 5.74) is 0. The Morgan fingerprint density at radius 3 is 1.21 bits per heavy atom. The lowest BCUT2D eigenvalue weighted by Crippen LogP contribution is -1.89. The van der Waals surface area contributed by atoms with Crippen LogP contribution in [0.1, 0.15) is 75.9 Å². The van der Waals surface area contributed by atoms with Crippen LogP contribution < -0.4 is 0 Å². The van der Waals surface area contributed by atoms with E-state index in [1.165, 1.54) is 87.3 Å². The minimum atomic E-state index is 0.722. The van der Waals surface area contributed by atoms with E-state index >= 15 is 0 Å². The van der Waals surface area contributed by atoms with Crippen LogP contribution in [-0.2, 0) is 12.8 Å². The molecule has 0 atom stereocenters. The third-order valence-corrected chi connectivity index (χ3v) is 5.93. The minimum absolute atomic E-state index is 0.722. The summed E-state index contributed by atoms with van der Waals surface area (Å²) in [6.07, 6.45) is 15.3. The van der Waals surface area contributed by atoms with E-state index in [1.54, 1.807) is 0 Å². The Morgan fingerprint density at radius 1 is 0.583 bits per heavy atom. The number of hydrogen-bond acceptors (Lipinski definition) is 6. The zero-order chi connectivity index (χ0) is 17.0. The van der Waals surface area contributed by atoms with Gasteiger partial charge in [-0.1, -0.05) is 51.4 Å². The highest BCUT2D eigenvalue weighted by atomic mass is 32.2. The first kappa shape index (κ1) is 19.9. The van der Waals surface area contributed by atoms with Crippen molar-refractivity contribution in [3.63, 3.8) is 0 Å². The molecular formula is C16H26N4S4. The number of aromatic amines is 2. The number of hydrogen-bond donors (Lipinski definition) is 2. The largest absolute Gasteiger partial charge is 0.297 e. The van der Waals surface area contributed by atoms with Crippen molar-refractivity contribution in [3.05, 3.63) is 19.6 Å². The maximum Gasteiger partial charge on any atom is 0.198 e. The van der Waals surface area contributed by atoms with Gasteiger partial charge in [-0.2, -0.15) is 0 Å². The van der Waals surface area contributed by atoms with Crippen LogP contribution in [0.25, 0.3) is 0 Å². The Kier molecular flexibility index (Phi) is 9.94. The van der Waals surface area contributed by atoms with Crippen molar-refractivity contribution in [1.82, 2.24) is 18.7 Å². The third kappa shape index (κ3) is 8.60. The van der Waals surface area contributed by atoms with E-state index in [0.29, 0.717) is 0 Å². The maximum atomic E-state index is 5.01. The molecule has 0 spiro atoms. The first-order chi connectivity index (χ1) is 11.7. The number of aromatic nitrogens is 4. The summed E-state index contributed by atoms with van der Waals surface area (Å²) < 4.78 is 7.78. The van der Waals surface area contributed by atoms with Gasteiger partial charge in [0.15, 0.2) is 7.91 Å². The monoisotopic (exact) mass is 402 g/mol.